The highest BCUT2D eigenvalue weighted by atomic mass is 16.5. The van der Waals surface area contributed by atoms with Gasteiger partial charge in [-0.05, 0) is 12.8 Å². The fourth-order valence-corrected chi connectivity index (χ4v) is 4.19. The summed E-state index contributed by atoms with van der Waals surface area (Å²) in [5.41, 5.74) is 1.05. The van der Waals surface area contributed by atoms with E-state index < -0.39 is 0 Å². The highest BCUT2D eigenvalue weighted by molar-refractivity contribution is 4.51. The van der Waals surface area contributed by atoms with Gasteiger partial charge in [-0.25, -0.2) is 0 Å². The molecular formula is C26H55NO. The lowest BCUT2D eigenvalue weighted by atomic mass is 10.0. The van der Waals surface area contributed by atoms with Crippen molar-refractivity contribution in [2.75, 3.05) is 6.54 Å². The van der Waals surface area contributed by atoms with Crippen LogP contribution < -0.4 is 5.48 Å². The number of unbranched alkanes of at least 4 members (excludes halogenated alkanes) is 23. The first-order valence-electron chi connectivity index (χ1n) is 13.4. The molecule has 0 spiro atoms. The fraction of sp³-hybridized carbons (Fsp3) is 1.00. The molecule has 28 heavy (non-hydrogen) atoms. The quantitative estimate of drug-likeness (QED) is 0.122. The predicted molar refractivity (Wildman–Crippen MR) is 127 cm³/mol. The van der Waals surface area contributed by atoms with Gasteiger partial charge in [0, 0.05) is 0 Å². The Morgan fingerprint density at radius 1 is 0.357 bits per heavy atom. The van der Waals surface area contributed by atoms with Crippen molar-refractivity contribution >= 4 is 0 Å². The summed E-state index contributed by atoms with van der Waals surface area (Å²) < 4.78 is 0. The van der Waals surface area contributed by atoms with Crippen molar-refractivity contribution in [3.63, 3.8) is 0 Å². The summed E-state index contributed by atoms with van der Waals surface area (Å²) in [5, 5.41) is 10.2. The van der Waals surface area contributed by atoms with Crippen LogP contribution in [0.4, 0.5) is 0 Å². The third-order valence-corrected chi connectivity index (χ3v) is 6.18. The Balaban J connectivity index is 2.96. The van der Waals surface area contributed by atoms with Gasteiger partial charge in [-0.1, -0.05) is 148 Å². The average molecular weight is 398 g/mol. The van der Waals surface area contributed by atoms with Crippen LogP contribution in [-0.4, -0.2) is 6.54 Å². The second-order valence-electron chi connectivity index (χ2n) is 9.09. The van der Waals surface area contributed by atoms with Gasteiger partial charge in [-0.15, -0.1) is 0 Å². The Bertz CT molecular complexity index is 231. The van der Waals surface area contributed by atoms with Crippen molar-refractivity contribution in [2.45, 2.75) is 161 Å². The Morgan fingerprint density at radius 2 is 0.571 bits per heavy atom. The van der Waals surface area contributed by atoms with E-state index in [0.29, 0.717) is 0 Å². The van der Waals surface area contributed by atoms with Crippen LogP contribution in [0.2, 0.25) is 0 Å². The van der Waals surface area contributed by atoms with Crippen molar-refractivity contribution in [2.24, 2.45) is 0 Å². The second-order valence-corrected chi connectivity index (χ2v) is 9.09. The molecule has 2 heteroatoms. The third kappa shape index (κ3) is 25.9. The zero-order valence-electron chi connectivity index (χ0n) is 19.7. The molecule has 0 unspecified atom stereocenters. The van der Waals surface area contributed by atoms with Crippen LogP contribution in [0.1, 0.15) is 161 Å². The summed E-state index contributed by atoms with van der Waals surface area (Å²) in [6.07, 6.45) is 34.2. The first kappa shape index (κ1) is 27.9. The molecule has 0 aromatic carbocycles. The van der Waals surface area contributed by atoms with Crippen molar-refractivity contribution < 1.29 is 5.48 Å². The molecule has 2 nitrogen and oxygen atoms in total. The van der Waals surface area contributed by atoms with Gasteiger partial charge in [0.1, 0.15) is 0 Å². The predicted octanol–water partition coefficient (Wildman–Crippen LogP) is 8.43. The largest absolute Gasteiger partial charge is 0.636 e. The number of rotatable bonds is 25. The van der Waals surface area contributed by atoms with Crippen LogP contribution in [0, 0.1) is 5.21 Å². The van der Waals surface area contributed by atoms with Gasteiger partial charge < -0.3 is 10.7 Å². The van der Waals surface area contributed by atoms with Crippen LogP contribution in [0.25, 0.3) is 0 Å². The van der Waals surface area contributed by atoms with Gasteiger partial charge in [0.15, 0.2) is 0 Å². The summed E-state index contributed by atoms with van der Waals surface area (Å²) in [4.78, 5) is 0. The molecule has 0 saturated heterocycles. The average Bonchev–Trinajstić information content (AvgIpc) is 2.71. The van der Waals surface area contributed by atoms with Crippen molar-refractivity contribution in [3.8, 4) is 0 Å². The lowest BCUT2D eigenvalue weighted by Crippen LogP contribution is -2.77. The lowest BCUT2D eigenvalue weighted by molar-refractivity contribution is -0.589. The monoisotopic (exact) mass is 397 g/mol. The molecule has 0 aromatic rings. The molecule has 0 aliphatic carbocycles. The molecule has 0 fully saturated rings. The summed E-state index contributed by atoms with van der Waals surface area (Å²) in [6, 6.07) is 0. The zero-order valence-corrected chi connectivity index (χ0v) is 19.7. The molecule has 0 rings (SSSR count). The molecule has 0 heterocycles. The molecule has 0 saturated carbocycles. The standard InChI is InChI=1S/C26H55NO/c1-2-3-4-5-6-7-8-9-10-11-12-13-14-15-16-17-18-19-20-21-22-23-24-25-26-27-28/h2-27H2,1H3. The number of nitrogens with two attached hydrogens (primary N) is 1. The van der Waals surface area contributed by atoms with E-state index in [-0.39, 0.29) is 0 Å². The smallest absolute Gasteiger partial charge is 0.0752 e. The van der Waals surface area contributed by atoms with E-state index in [1.54, 1.807) is 0 Å². The van der Waals surface area contributed by atoms with E-state index in [2.05, 4.69) is 6.92 Å². The lowest BCUT2D eigenvalue weighted by Gasteiger charge is -2.04. The van der Waals surface area contributed by atoms with E-state index in [1.165, 1.54) is 148 Å². The number of hydrogen-bond donors (Lipinski definition) is 1. The Kier molecular flexibility index (Phi) is 26.8. The van der Waals surface area contributed by atoms with E-state index in [0.717, 1.165) is 18.4 Å². The molecular weight excluding hydrogens is 342 g/mol. The zero-order chi connectivity index (χ0) is 20.4. The van der Waals surface area contributed by atoms with Crippen molar-refractivity contribution in [1.82, 2.24) is 0 Å². The second kappa shape index (κ2) is 26.9. The van der Waals surface area contributed by atoms with Crippen LogP contribution in [0.5, 0.6) is 0 Å². The summed E-state index contributed by atoms with van der Waals surface area (Å²) in [5.74, 6) is 0. The van der Waals surface area contributed by atoms with Crippen molar-refractivity contribution in [3.05, 3.63) is 5.21 Å². The summed E-state index contributed by atoms with van der Waals surface area (Å²) in [6.45, 7) is 3.06. The van der Waals surface area contributed by atoms with Crippen LogP contribution in [-0.2, 0) is 0 Å². The highest BCUT2D eigenvalue weighted by Gasteiger charge is 1.96. The fourth-order valence-electron chi connectivity index (χ4n) is 4.19. The number of hydrogen-bond acceptors (Lipinski definition) is 1. The molecule has 0 bridgehead atoms. The van der Waals surface area contributed by atoms with Gasteiger partial charge >= 0.3 is 0 Å². The molecule has 0 aromatic heterocycles. The van der Waals surface area contributed by atoms with E-state index in [9.17, 15) is 5.21 Å². The summed E-state index contributed by atoms with van der Waals surface area (Å²) in [7, 11) is 0. The molecule has 0 aliphatic heterocycles. The minimum atomic E-state index is 0.763. The third-order valence-electron chi connectivity index (χ3n) is 6.18. The minimum Gasteiger partial charge on any atom is -0.636 e. The highest BCUT2D eigenvalue weighted by Crippen LogP contribution is 2.15. The molecule has 0 radical (unpaired) electrons. The maximum absolute atomic E-state index is 10.2. The number of hydroxylamine groups is 1. The SMILES string of the molecule is CCCCCCCCCCCCCCCCCCCCCCCCCC[NH2+][O-]. The Hall–Kier alpha value is -0.0800. The van der Waals surface area contributed by atoms with E-state index in [4.69, 9.17) is 0 Å². The maximum Gasteiger partial charge on any atom is 0.0752 e. The van der Waals surface area contributed by atoms with Crippen LogP contribution >= 0.6 is 0 Å². The molecule has 0 amide bonds. The van der Waals surface area contributed by atoms with Gasteiger partial charge in [0.25, 0.3) is 0 Å². The minimum absolute atomic E-state index is 0.763. The van der Waals surface area contributed by atoms with Gasteiger partial charge in [0.2, 0.25) is 0 Å². The van der Waals surface area contributed by atoms with Crippen LogP contribution in [0.3, 0.4) is 0 Å². The van der Waals surface area contributed by atoms with Gasteiger partial charge in [-0.3, -0.25) is 0 Å². The van der Waals surface area contributed by atoms with Crippen LogP contribution in [0.15, 0.2) is 0 Å². The normalized spacial score (nSPS) is 11.4. The Morgan fingerprint density at radius 3 is 0.786 bits per heavy atom. The first-order chi connectivity index (χ1) is 13.9. The molecule has 170 valence electrons. The van der Waals surface area contributed by atoms with E-state index >= 15 is 0 Å². The first-order valence-corrected chi connectivity index (χ1v) is 13.4. The molecule has 0 aliphatic rings. The number of quaternary nitrogens is 1. The Labute approximate surface area is 178 Å². The topological polar surface area (TPSA) is 39.7 Å². The molecule has 0 atom stereocenters. The summed E-state index contributed by atoms with van der Waals surface area (Å²) >= 11 is 0. The van der Waals surface area contributed by atoms with Gasteiger partial charge in [0.05, 0.1) is 6.54 Å². The molecule has 2 N–H and O–H groups in total. The van der Waals surface area contributed by atoms with E-state index in [1.807, 2.05) is 0 Å². The maximum atomic E-state index is 10.2. The van der Waals surface area contributed by atoms with Gasteiger partial charge in [-0.2, -0.15) is 0 Å². The van der Waals surface area contributed by atoms with Crippen molar-refractivity contribution in [1.29, 1.82) is 0 Å².